The van der Waals surface area contributed by atoms with Gasteiger partial charge in [0.1, 0.15) is 0 Å². The summed E-state index contributed by atoms with van der Waals surface area (Å²) < 4.78 is 0. The van der Waals surface area contributed by atoms with Gasteiger partial charge in [0.15, 0.2) is 5.71 Å². The van der Waals surface area contributed by atoms with Crippen LogP contribution in [0.5, 0.6) is 0 Å². The molecule has 0 spiro atoms. The number of pyridine rings is 1. The van der Waals surface area contributed by atoms with E-state index in [0.717, 1.165) is 0 Å². The third kappa shape index (κ3) is 1.57. The van der Waals surface area contributed by atoms with E-state index < -0.39 is 11.7 Å². The van der Waals surface area contributed by atoms with Crippen molar-refractivity contribution in [2.24, 2.45) is 5.16 Å². The summed E-state index contributed by atoms with van der Waals surface area (Å²) in [5.41, 5.74) is -0.143. The molecule has 62 valence electrons. The first-order valence-corrected chi connectivity index (χ1v) is 3.11. The molecule has 0 aliphatic heterocycles. The Labute approximate surface area is 68.0 Å². The van der Waals surface area contributed by atoms with E-state index in [1.165, 1.54) is 18.5 Å². The first kappa shape index (κ1) is 8.19. The van der Waals surface area contributed by atoms with Gasteiger partial charge in [-0.2, -0.15) is 0 Å². The summed E-state index contributed by atoms with van der Waals surface area (Å²) >= 11 is 0. The Balaban J connectivity index is 3.05. The zero-order valence-electron chi connectivity index (χ0n) is 6.01. The highest BCUT2D eigenvalue weighted by molar-refractivity contribution is 6.42. The van der Waals surface area contributed by atoms with Gasteiger partial charge in [-0.3, -0.25) is 4.98 Å². The lowest BCUT2D eigenvalue weighted by atomic mass is 10.2. The molecule has 0 unspecified atom stereocenters. The molecular formula is C7H6N2O3. The van der Waals surface area contributed by atoms with Gasteiger partial charge in [-0.05, 0) is 12.1 Å². The molecular weight excluding hydrogens is 160 g/mol. The SMILES string of the molecule is O=C(O)/C(=N/O)c1cccnc1. The Morgan fingerprint density at radius 1 is 1.58 bits per heavy atom. The lowest BCUT2D eigenvalue weighted by Crippen LogP contribution is -2.14. The number of oxime groups is 1. The average Bonchev–Trinajstić information content (AvgIpc) is 2.07. The third-order valence-corrected chi connectivity index (χ3v) is 1.24. The fourth-order valence-electron chi connectivity index (χ4n) is 0.727. The lowest BCUT2D eigenvalue weighted by Gasteiger charge is -1.95. The lowest BCUT2D eigenvalue weighted by molar-refractivity contribution is -0.129. The summed E-state index contributed by atoms with van der Waals surface area (Å²) in [4.78, 5) is 14.1. The van der Waals surface area contributed by atoms with Crippen LogP contribution in [0.15, 0.2) is 29.7 Å². The quantitative estimate of drug-likeness (QED) is 0.377. The second-order valence-electron chi connectivity index (χ2n) is 2.00. The van der Waals surface area contributed by atoms with Crippen molar-refractivity contribution in [1.29, 1.82) is 0 Å². The van der Waals surface area contributed by atoms with E-state index in [1.807, 2.05) is 0 Å². The predicted octanol–water partition coefficient (Wildman–Crippen LogP) is 0.344. The number of aromatic nitrogens is 1. The fourth-order valence-corrected chi connectivity index (χ4v) is 0.727. The molecule has 0 saturated carbocycles. The molecule has 1 heterocycles. The second kappa shape index (κ2) is 3.47. The first-order valence-electron chi connectivity index (χ1n) is 3.11. The standard InChI is InChI=1S/C7H6N2O3/c10-7(11)6(9-12)5-2-1-3-8-4-5/h1-4,12H,(H,10,11)/b9-6+. The minimum Gasteiger partial charge on any atom is -0.476 e. The van der Waals surface area contributed by atoms with Crippen LogP contribution in [0.2, 0.25) is 0 Å². The molecule has 12 heavy (non-hydrogen) atoms. The van der Waals surface area contributed by atoms with Gasteiger partial charge in [0.05, 0.1) is 0 Å². The van der Waals surface area contributed by atoms with Crippen LogP contribution >= 0.6 is 0 Å². The molecule has 0 bridgehead atoms. The minimum atomic E-state index is -1.29. The topological polar surface area (TPSA) is 82.8 Å². The number of carbonyl (C=O) groups is 1. The van der Waals surface area contributed by atoms with E-state index in [1.54, 1.807) is 6.07 Å². The zero-order chi connectivity index (χ0) is 8.97. The van der Waals surface area contributed by atoms with Crippen molar-refractivity contribution < 1.29 is 15.1 Å². The van der Waals surface area contributed by atoms with Gasteiger partial charge in [-0.1, -0.05) is 5.16 Å². The van der Waals surface area contributed by atoms with Crippen molar-refractivity contribution in [2.45, 2.75) is 0 Å². The molecule has 0 aromatic carbocycles. The molecule has 5 heteroatoms. The number of hydrogen-bond acceptors (Lipinski definition) is 4. The summed E-state index contributed by atoms with van der Waals surface area (Å²) in [5.74, 6) is -1.29. The van der Waals surface area contributed by atoms with Crippen LogP contribution in [-0.4, -0.2) is 27.0 Å². The highest BCUT2D eigenvalue weighted by atomic mass is 16.4. The molecule has 0 fully saturated rings. The maximum atomic E-state index is 10.4. The van der Waals surface area contributed by atoms with Gasteiger partial charge < -0.3 is 10.3 Å². The van der Waals surface area contributed by atoms with Crippen molar-refractivity contribution in [3.63, 3.8) is 0 Å². The van der Waals surface area contributed by atoms with Crippen molar-refractivity contribution in [1.82, 2.24) is 4.98 Å². The normalized spacial score (nSPS) is 11.2. The van der Waals surface area contributed by atoms with E-state index in [0.29, 0.717) is 0 Å². The minimum absolute atomic E-state index is 0.271. The van der Waals surface area contributed by atoms with Crippen LogP contribution in [0.4, 0.5) is 0 Å². The molecule has 1 aromatic rings. The number of aliphatic carboxylic acids is 1. The highest BCUT2D eigenvalue weighted by Gasteiger charge is 2.12. The van der Waals surface area contributed by atoms with Crippen molar-refractivity contribution >= 4 is 11.7 Å². The van der Waals surface area contributed by atoms with Crippen LogP contribution in [-0.2, 0) is 4.79 Å². The molecule has 0 aliphatic carbocycles. The summed E-state index contributed by atoms with van der Waals surface area (Å²) in [5, 5.41) is 19.5. The number of hydrogen-bond donors (Lipinski definition) is 2. The molecule has 0 saturated heterocycles. The van der Waals surface area contributed by atoms with Gasteiger partial charge in [-0.25, -0.2) is 4.79 Å². The van der Waals surface area contributed by atoms with E-state index in [2.05, 4.69) is 10.1 Å². The van der Waals surface area contributed by atoms with Gasteiger partial charge >= 0.3 is 5.97 Å². The van der Waals surface area contributed by atoms with E-state index in [9.17, 15) is 4.79 Å². The maximum absolute atomic E-state index is 10.4. The van der Waals surface area contributed by atoms with Crippen LogP contribution in [0.25, 0.3) is 0 Å². The first-order chi connectivity index (χ1) is 5.75. The van der Waals surface area contributed by atoms with Crippen LogP contribution in [0.1, 0.15) is 5.56 Å². The fraction of sp³-hybridized carbons (Fsp3) is 0. The van der Waals surface area contributed by atoms with Gasteiger partial charge in [0.2, 0.25) is 0 Å². The van der Waals surface area contributed by atoms with Crippen molar-refractivity contribution in [2.75, 3.05) is 0 Å². The Hall–Kier alpha value is -1.91. The van der Waals surface area contributed by atoms with E-state index in [4.69, 9.17) is 10.3 Å². The second-order valence-corrected chi connectivity index (χ2v) is 2.00. The van der Waals surface area contributed by atoms with Crippen LogP contribution < -0.4 is 0 Å². The summed E-state index contributed by atoms with van der Waals surface area (Å²) in [6.45, 7) is 0. The Morgan fingerprint density at radius 2 is 2.33 bits per heavy atom. The van der Waals surface area contributed by atoms with E-state index in [-0.39, 0.29) is 5.56 Å². The maximum Gasteiger partial charge on any atom is 0.358 e. The monoisotopic (exact) mass is 166 g/mol. The summed E-state index contributed by atoms with van der Waals surface area (Å²) in [6, 6.07) is 3.06. The molecule has 5 nitrogen and oxygen atoms in total. The molecule has 0 atom stereocenters. The third-order valence-electron chi connectivity index (χ3n) is 1.24. The van der Waals surface area contributed by atoms with Gasteiger partial charge in [-0.15, -0.1) is 0 Å². The van der Waals surface area contributed by atoms with Crippen molar-refractivity contribution in [3.8, 4) is 0 Å². The molecule has 1 aromatic heterocycles. The van der Waals surface area contributed by atoms with Crippen LogP contribution in [0.3, 0.4) is 0 Å². The van der Waals surface area contributed by atoms with Gasteiger partial charge in [0.25, 0.3) is 0 Å². The molecule has 0 amide bonds. The molecule has 1 rings (SSSR count). The van der Waals surface area contributed by atoms with Crippen LogP contribution in [0, 0.1) is 0 Å². The highest BCUT2D eigenvalue weighted by Crippen LogP contribution is 1.98. The number of carboxylic acids is 1. The Kier molecular flexibility index (Phi) is 2.37. The molecule has 0 radical (unpaired) electrons. The number of carboxylic acid groups (broad SMARTS) is 1. The molecule has 2 N–H and O–H groups in total. The smallest absolute Gasteiger partial charge is 0.358 e. The van der Waals surface area contributed by atoms with E-state index >= 15 is 0 Å². The summed E-state index contributed by atoms with van der Waals surface area (Å²) in [7, 11) is 0. The van der Waals surface area contributed by atoms with Crippen molar-refractivity contribution in [3.05, 3.63) is 30.1 Å². The predicted molar refractivity (Wildman–Crippen MR) is 40.2 cm³/mol. The number of rotatable bonds is 2. The Morgan fingerprint density at radius 3 is 2.75 bits per heavy atom. The largest absolute Gasteiger partial charge is 0.476 e. The zero-order valence-corrected chi connectivity index (χ0v) is 6.01. The summed E-state index contributed by atoms with van der Waals surface area (Å²) in [6.07, 6.45) is 2.81. The average molecular weight is 166 g/mol. The molecule has 0 aliphatic rings. The van der Waals surface area contributed by atoms with Gasteiger partial charge in [0, 0.05) is 18.0 Å². The number of nitrogens with zero attached hydrogens (tertiary/aromatic N) is 2. The Bertz CT molecular complexity index is 308.